The minimum Gasteiger partial charge on any atom is -0.377 e. The van der Waals surface area contributed by atoms with Crippen LogP contribution in [0.25, 0.3) is 6.08 Å². The van der Waals surface area contributed by atoms with E-state index in [0.717, 1.165) is 18.4 Å². The van der Waals surface area contributed by atoms with Crippen LogP contribution in [0.2, 0.25) is 0 Å². The van der Waals surface area contributed by atoms with Gasteiger partial charge in [0.1, 0.15) is 0 Å². The zero-order chi connectivity index (χ0) is 17.9. The van der Waals surface area contributed by atoms with E-state index in [1.807, 2.05) is 30.3 Å². The molecule has 0 amide bonds. The second-order valence-corrected chi connectivity index (χ2v) is 10.5. The molecule has 0 N–H and O–H groups in total. The van der Waals surface area contributed by atoms with Crippen molar-refractivity contribution >= 4 is 25.9 Å². The molecule has 2 aliphatic heterocycles. The summed E-state index contributed by atoms with van der Waals surface area (Å²) in [5.74, 6) is -0.0737. The molecule has 0 aromatic heterocycles. The second kappa shape index (κ2) is 7.57. The molecule has 2 fully saturated rings. The Bertz CT molecular complexity index is 812. The van der Waals surface area contributed by atoms with Crippen LogP contribution in [0.5, 0.6) is 0 Å². The number of ether oxygens (including phenoxy) is 1. The second-order valence-electron chi connectivity index (χ2n) is 6.52. The van der Waals surface area contributed by atoms with E-state index >= 15 is 0 Å². The zero-order valence-corrected chi connectivity index (χ0v) is 15.6. The molecular formula is C17H23NO5S2. The molecule has 8 heteroatoms. The summed E-state index contributed by atoms with van der Waals surface area (Å²) in [5, 5.41) is 1.17. The lowest BCUT2D eigenvalue weighted by Crippen LogP contribution is -2.44. The molecule has 1 aromatic rings. The number of sulfonamides is 1. The summed E-state index contributed by atoms with van der Waals surface area (Å²) < 4.78 is 56.3. The van der Waals surface area contributed by atoms with Crippen LogP contribution in [0.1, 0.15) is 24.8 Å². The Morgan fingerprint density at radius 2 is 1.96 bits per heavy atom. The number of benzene rings is 1. The summed E-state index contributed by atoms with van der Waals surface area (Å²) in [6, 6.07) is 8.64. The van der Waals surface area contributed by atoms with Gasteiger partial charge in [0.2, 0.25) is 10.0 Å². The van der Waals surface area contributed by atoms with Crippen LogP contribution in [0.4, 0.5) is 0 Å². The Labute approximate surface area is 149 Å². The highest BCUT2D eigenvalue weighted by atomic mass is 32.2. The monoisotopic (exact) mass is 385 g/mol. The maximum Gasteiger partial charge on any atom is 0.236 e. The van der Waals surface area contributed by atoms with Crippen LogP contribution < -0.4 is 0 Å². The molecule has 2 aliphatic rings. The van der Waals surface area contributed by atoms with Gasteiger partial charge in [-0.05, 0) is 30.9 Å². The summed E-state index contributed by atoms with van der Waals surface area (Å²) in [6.07, 6.45) is 3.42. The molecule has 0 saturated carbocycles. The Balaban J connectivity index is 1.82. The van der Waals surface area contributed by atoms with Gasteiger partial charge >= 0.3 is 0 Å². The first kappa shape index (κ1) is 18.6. The highest BCUT2D eigenvalue weighted by Gasteiger charge is 2.38. The van der Waals surface area contributed by atoms with Gasteiger partial charge in [-0.1, -0.05) is 30.3 Å². The lowest BCUT2D eigenvalue weighted by Gasteiger charge is -2.28. The Morgan fingerprint density at radius 3 is 2.56 bits per heavy atom. The molecule has 0 spiro atoms. The van der Waals surface area contributed by atoms with Crippen molar-refractivity contribution in [1.82, 2.24) is 4.31 Å². The van der Waals surface area contributed by atoms with Gasteiger partial charge in [-0.25, -0.2) is 16.8 Å². The molecule has 2 heterocycles. The van der Waals surface area contributed by atoms with Crippen molar-refractivity contribution in [3.8, 4) is 0 Å². The predicted octanol–water partition coefficient (Wildman–Crippen LogP) is 1.66. The molecule has 0 aliphatic carbocycles. The molecular weight excluding hydrogens is 362 g/mol. The van der Waals surface area contributed by atoms with Crippen molar-refractivity contribution in [2.75, 3.05) is 24.7 Å². The third-order valence-corrected chi connectivity index (χ3v) is 7.91. The van der Waals surface area contributed by atoms with E-state index in [-0.39, 0.29) is 24.2 Å². The number of hydrogen-bond donors (Lipinski definition) is 0. The fourth-order valence-electron chi connectivity index (χ4n) is 3.26. The van der Waals surface area contributed by atoms with E-state index < -0.39 is 25.9 Å². The van der Waals surface area contributed by atoms with Crippen molar-refractivity contribution in [2.45, 2.75) is 31.4 Å². The molecule has 138 valence electrons. The van der Waals surface area contributed by atoms with Crippen LogP contribution in [0, 0.1) is 0 Å². The zero-order valence-electron chi connectivity index (χ0n) is 14.0. The molecule has 3 rings (SSSR count). The van der Waals surface area contributed by atoms with Gasteiger partial charge in [-0.3, -0.25) is 0 Å². The fraction of sp³-hybridized carbons (Fsp3) is 0.529. The maximum atomic E-state index is 12.9. The van der Waals surface area contributed by atoms with Crippen LogP contribution in [0.3, 0.4) is 0 Å². The summed E-state index contributed by atoms with van der Waals surface area (Å²) in [5.41, 5.74) is 0.780. The Kier molecular flexibility index (Phi) is 5.62. The molecule has 0 bridgehead atoms. The quantitative estimate of drug-likeness (QED) is 0.744. The molecule has 2 atom stereocenters. The summed E-state index contributed by atoms with van der Waals surface area (Å²) in [6.45, 7) is 0.836. The topological polar surface area (TPSA) is 80.8 Å². The summed E-state index contributed by atoms with van der Waals surface area (Å²) >= 11 is 0. The van der Waals surface area contributed by atoms with Gasteiger partial charge in [0.05, 0.1) is 17.6 Å². The number of hydrogen-bond acceptors (Lipinski definition) is 5. The van der Waals surface area contributed by atoms with Gasteiger partial charge in [0.25, 0.3) is 0 Å². The Morgan fingerprint density at radius 1 is 1.20 bits per heavy atom. The predicted molar refractivity (Wildman–Crippen MR) is 97.1 cm³/mol. The first-order valence-corrected chi connectivity index (χ1v) is 11.8. The maximum absolute atomic E-state index is 12.9. The van der Waals surface area contributed by atoms with Crippen LogP contribution in [-0.4, -0.2) is 57.9 Å². The summed E-state index contributed by atoms with van der Waals surface area (Å²) in [4.78, 5) is 0. The van der Waals surface area contributed by atoms with E-state index in [4.69, 9.17) is 4.74 Å². The van der Waals surface area contributed by atoms with E-state index in [1.54, 1.807) is 6.08 Å². The van der Waals surface area contributed by atoms with E-state index in [2.05, 4.69) is 0 Å². The molecule has 0 radical (unpaired) electrons. The number of sulfone groups is 1. The first-order chi connectivity index (χ1) is 11.9. The lowest BCUT2D eigenvalue weighted by atomic mass is 10.2. The average molecular weight is 386 g/mol. The largest absolute Gasteiger partial charge is 0.377 e. The molecule has 1 aromatic carbocycles. The third kappa shape index (κ3) is 4.91. The minimum absolute atomic E-state index is 0.0393. The lowest BCUT2D eigenvalue weighted by molar-refractivity contribution is 0.0880. The van der Waals surface area contributed by atoms with Crippen molar-refractivity contribution in [2.24, 2.45) is 0 Å². The average Bonchev–Trinajstić information content (AvgIpc) is 3.21. The van der Waals surface area contributed by atoms with Crippen molar-refractivity contribution in [1.29, 1.82) is 0 Å². The van der Waals surface area contributed by atoms with Crippen LogP contribution in [-0.2, 0) is 24.6 Å². The standard InChI is InChI=1S/C17H23NO5S2/c19-24(20)11-9-16(14-24)18(13-17-7-4-10-23-17)25(21,22)12-8-15-5-2-1-3-6-15/h1-3,5-6,8,12,16-17H,4,7,9-11,13-14H2/b12-8+/t16-,17+/m1/s1. The number of rotatable bonds is 6. The minimum atomic E-state index is -3.73. The first-order valence-electron chi connectivity index (χ1n) is 8.43. The fourth-order valence-corrected chi connectivity index (χ4v) is 6.54. The Hall–Kier alpha value is -1.22. The molecule has 2 saturated heterocycles. The van der Waals surface area contributed by atoms with Gasteiger partial charge < -0.3 is 4.74 Å². The molecule has 25 heavy (non-hydrogen) atoms. The van der Waals surface area contributed by atoms with Crippen molar-refractivity contribution < 1.29 is 21.6 Å². The van der Waals surface area contributed by atoms with E-state index in [9.17, 15) is 16.8 Å². The van der Waals surface area contributed by atoms with Crippen molar-refractivity contribution in [3.05, 3.63) is 41.3 Å². The highest BCUT2D eigenvalue weighted by molar-refractivity contribution is 7.93. The number of nitrogens with zero attached hydrogens (tertiary/aromatic N) is 1. The highest BCUT2D eigenvalue weighted by Crippen LogP contribution is 2.25. The smallest absolute Gasteiger partial charge is 0.236 e. The van der Waals surface area contributed by atoms with Gasteiger partial charge in [0, 0.05) is 24.6 Å². The normalized spacial score (nSPS) is 26.6. The third-order valence-electron chi connectivity index (χ3n) is 4.58. The SMILES string of the molecule is O=S1(=O)CC[C@@H](N(C[C@@H]2CCCO2)S(=O)(=O)/C=C/c2ccccc2)C1. The summed E-state index contributed by atoms with van der Waals surface area (Å²) in [7, 11) is -6.91. The van der Waals surface area contributed by atoms with Crippen LogP contribution >= 0.6 is 0 Å². The van der Waals surface area contributed by atoms with E-state index in [1.165, 1.54) is 9.71 Å². The van der Waals surface area contributed by atoms with E-state index in [0.29, 0.717) is 13.0 Å². The van der Waals surface area contributed by atoms with Gasteiger partial charge in [0.15, 0.2) is 9.84 Å². The van der Waals surface area contributed by atoms with Crippen molar-refractivity contribution in [3.63, 3.8) is 0 Å². The molecule has 0 unspecified atom stereocenters. The van der Waals surface area contributed by atoms with Gasteiger partial charge in [-0.15, -0.1) is 0 Å². The molecule has 6 nitrogen and oxygen atoms in total. The van der Waals surface area contributed by atoms with Gasteiger partial charge in [-0.2, -0.15) is 4.31 Å². The van der Waals surface area contributed by atoms with Crippen LogP contribution in [0.15, 0.2) is 35.7 Å².